The number of aryl methyl sites for hydroxylation is 4. The van der Waals surface area contributed by atoms with E-state index in [0.717, 1.165) is 80.9 Å². The maximum absolute atomic E-state index is 11.7. The largest absolute Gasteiger partial charge is 0.512 e. The average Bonchev–Trinajstić information content (AvgIpc) is 3.76. The second-order valence-electron chi connectivity index (χ2n) is 16.8. The molecule has 1 saturated carbocycles. The normalized spacial score (nSPS) is 13.4. The predicted molar refractivity (Wildman–Crippen MR) is 250 cm³/mol. The van der Waals surface area contributed by atoms with Gasteiger partial charge >= 0.3 is 0 Å². The first kappa shape index (κ1) is 45.1. The van der Waals surface area contributed by atoms with Crippen LogP contribution in [-0.4, -0.2) is 20.9 Å². The van der Waals surface area contributed by atoms with Gasteiger partial charge in [-0.05, 0) is 107 Å². The first-order valence-corrected chi connectivity index (χ1v) is 21.9. The Labute approximate surface area is 377 Å². The van der Waals surface area contributed by atoms with E-state index >= 15 is 0 Å². The van der Waals surface area contributed by atoms with Gasteiger partial charge in [0.1, 0.15) is 0 Å². The summed E-state index contributed by atoms with van der Waals surface area (Å²) < 4.78 is 16.2. The van der Waals surface area contributed by atoms with Crippen LogP contribution >= 0.6 is 0 Å². The van der Waals surface area contributed by atoms with Crippen molar-refractivity contribution in [3.8, 4) is 22.5 Å². The van der Waals surface area contributed by atoms with E-state index in [-0.39, 0.29) is 43.5 Å². The van der Waals surface area contributed by atoms with Crippen molar-refractivity contribution in [2.75, 3.05) is 0 Å². The molecule has 1 N–H and O–H groups in total. The minimum absolute atomic E-state index is 0. The Morgan fingerprint density at radius 2 is 1.20 bits per heavy atom. The van der Waals surface area contributed by atoms with Gasteiger partial charge in [0.15, 0.2) is 5.78 Å². The number of carbonyl (C=O) groups is 1. The van der Waals surface area contributed by atoms with Gasteiger partial charge < -0.3 is 15.1 Å². The monoisotopic (exact) mass is 981 g/mol. The van der Waals surface area contributed by atoms with Crippen LogP contribution in [0.5, 0.6) is 0 Å². The summed E-state index contributed by atoms with van der Waals surface area (Å²) in [5.41, 5.74) is 11.0. The van der Waals surface area contributed by atoms with Crippen LogP contribution in [-0.2, 0) is 24.9 Å². The molecular formula is C55H66IrN2O2-2. The Balaban J connectivity index is 0.000000209. The Bertz CT molecular complexity index is 2440. The van der Waals surface area contributed by atoms with E-state index in [2.05, 4.69) is 117 Å². The molecule has 4 aromatic carbocycles. The molecule has 1 aliphatic rings. The fourth-order valence-corrected chi connectivity index (χ4v) is 8.39. The fourth-order valence-electron chi connectivity index (χ4n) is 8.39. The molecule has 6 aromatic rings. The number of fused-ring (bicyclic) bond motifs is 2. The number of hydrogen-bond acceptors (Lipinski definition) is 4. The number of carbonyl (C=O) groups excluding carboxylic acids is 1. The van der Waals surface area contributed by atoms with Crippen molar-refractivity contribution in [3.05, 3.63) is 142 Å². The number of aromatic nitrogens is 2. The van der Waals surface area contributed by atoms with Crippen LogP contribution in [0.1, 0.15) is 141 Å². The van der Waals surface area contributed by atoms with E-state index < -0.39 is 0 Å². The maximum Gasteiger partial charge on any atom is 0.162 e. The minimum atomic E-state index is 0. The molecule has 2 heterocycles. The van der Waals surface area contributed by atoms with Crippen molar-refractivity contribution >= 4 is 27.3 Å². The predicted octanol–water partition coefficient (Wildman–Crippen LogP) is 15.3. The number of aliphatic hydroxyl groups is 1. The number of benzene rings is 4. The van der Waals surface area contributed by atoms with E-state index in [9.17, 15) is 9.90 Å². The van der Waals surface area contributed by atoms with Crippen molar-refractivity contribution in [2.24, 2.45) is 11.8 Å². The van der Waals surface area contributed by atoms with E-state index in [1.165, 1.54) is 54.0 Å². The number of pyridine rings is 2. The summed E-state index contributed by atoms with van der Waals surface area (Å²) in [4.78, 5) is 20.7. The summed E-state index contributed by atoms with van der Waals surface area (Å²) in [6.45, 7) is 20.7. The van der Waals surface area contributed by atoms with Crippen LogP contribution in [0.25, 0.3) is 44.1 Å². The Morgan fingerprint density at radius 1 is 0.717 bits per heavy atom. The SMILES string of the molecule is CCC(CC)C(=O)/C=C(\O)C(CC)CC.[2H]c1cc2cc(C(C)C)ccc2c(-c2[c-]c(C)cc(C)c2)n1.[2H]c1cc2cc(C3CCCC3)ccc2c(-c2[c-]c(C)cc(C)c2)n1.[Ir]. The summed E-state index contributed by atoms with van der Waals surface area (Å²) in [6.07, 6.45) is 10.8. The number of allylic oxidation sites excluding steroid dienone is 2. The van der Waals surface area contributed by atoms with Gasteiger partial charge in [0.05, 0.1) is 8.50 Å². The number of aliphatic hydroxyl groups excluding tert-OH is 1. The van der Waals surface area contributed by atoms with E-state index in [1.54, 1.807) is 0 Å². The standard InChI is InChI=1S/C22H22N.C20H20N.C13H24O2.Ir/c1-15-11-16(2)13-20(12-15)22-21-8-7-18(17-5-3-4-6-17)14-19(21)9-10-23-22;1-13(2)16-5-6-19-17(12-16)7-8-21-20(19)18-10-14(3)9-15(4)11-18;1-5-10(6-2)12(14)9-13(15)11(7-3)8-4;/h7-12,14,17H,3-6H2,1-2H3;5-10,12-13H,1-4H3;9-11,14H,5-8H2,1-4H3;/q2*-1;;/b;;12-9-;/i10D;8D;;. The molecule has 1 fully saturated rings. The van der Waals surface area contributed by atoms with Crippen molar-refractivity contribution in [2.45, 2.75) is 132 Å². The summed E-state index contributed by atoms with van der Waals surface area (Å²) in [6, 6.07) is 32.1. The van der Waals surface area contributed by atoms with Gasteiger partial charge in [0, 0.05) is 50.4 Å². The number of nitrogens with zero attached hydrogens (tertiary/aromatic N) is 2. The third-order valence-electron chi connectivity index (χ3n) is 11.8. The Morgan fingerprint density at radius 3 is 1.67 bits per heavy atom. The number of hydrogen-bond donors (Lipinski definition) is 1. The number of rotatable bonds is 11. The second kappa shape index (κ2) is 23.0. The zero-order valence-electron chi connectivity index (χ0n) is 39.6. The van der Waals surface area contributed by atoms with Gasteiger partial charge in [-0.15, -0.1) is 69.8 Å². The van der Waals surface area contributed by atoms with Crippen molar-refractivity contribution in [1.82, 2.24) is 9.97 Å². The fraction of sp³-hybridized carbons (Fsp3) is 0.400. The van der Waals surface area contributed by atoms with Gasteiger partial charge in [-0.25, -0.2) is 0 Å². The third-order valence-corrected chi connectivity index (χ3v) is 11.8. The minimum Gasteiger partial charge on any atom is -0.512 e. The first-order chi connectivity index (χ1) is 29.1. The van der Waals surface area contributed by atoms with Crippen LogP contribution < -0.4 is 0 Å². The van der Waals surface area contributed by atoms with Crippen LogP contribution in [0.4, 0.5) is 0 Å². The molecule has 1 radical (unpaired) electrons. The van der Waals surface area contributed by atoms with Crippen LogP contribution in [0.2, 0.25) is 0 Å². The molecule has 0 bridgehead atoms. The summed E-state index contributed by atoms with van der Waals surface area (Å²) in [5.74, 6) is 1.71. The molecule has 319 valence electrons. The molecule has 0 atom stereocenters. The molecule has 0 saturated heterocycles. The molecule has 0 aliphatic heterocycles. The molecular weight excluding hydrogens is 913 g/mol. The van der Waals surface area contributed by atoms with Crippen molar-refractivity contribution < 1.29 is 32.7 Å². The van der Waals surface area contributed by atoms with E-state index in [0.29, 0.717) is 24.2 Å². The van der Waals surface area contributed by atoms with Crippen LogP contribution in [0.3, 0.4) is 0 Å². The third kappa shape index (κ3) is 12.6. The Kier molecular flexibility index (Phi) is 17.3. The summed E-state index contributed by atoms with van der Waals surface area (Å²) in [5, 5.41) is 14.2. The molecule has 5 heteroatoms. The Hall–Kier alpha value is -4.44. The molecule has 7 rings (SSSR count). The molecule has 0 spiro atoms. The zero-order valence-corrected chi connectivity index (χ0v) is 40.0. The second-order valence-corrected chi connectivity index (χ2v) is 16.8. The molecule has 0 unspecified atom stereocenters. The van der Waals surface area contributed by atoms with Crippen LogP contribution in [0, 0.1) is 51.7 Å². The van der Waals surface area contributed by atoms with Crippen molar-refractivity contribution in [1.29, 1.82) is 0 Å². The molecule has 0 amide bonds. The zero-order chi connectivity index (χ0) is 44.4. The molecule has 1 aliphatic carbocycles. The van der Waals surface area contributed by atoms with Gasteiger partial charge in [0.2, 0.25) is 0 Å². The van der Waals surface area contributed by atoms with Crippen LogP contribution in [0.15, 0.2) is 97.0 Å². The van der Waals surface area contributed by atoms with Gasteiger partial charge in [-0.1, -0.05) is 118 Å². The average molecular weight is 981 g/mol. The maximum atomic E-state index is 11.7. The smallest absolute Gasteiger partial charge is 0.162 e. The molecule has 2 aromatic heterocycles. The molecule has 60 heavy (non-hydrogen) atoms. The van der Waals surface area contributed by atoms with Crippen molar-refractivity contribution in [3.63, 3.8) is 0 Å². The summed E-state index contributed by atoms with van der Waals surface area (Å²) in [7, 11) is 0. The van der Waals surface area contributed by atoms with E-state index in [1.807, 2.05) is 46.8 Å². The number of ketones is 1. The summed E-state index contributed by atoms with van der Waals surface area (Å²) >= 11 is 0. The first-order valence-electron chi connectivity index (χ1n) is 22.9. The van der Waals surface area contributed by atoms with Gasteiger partial charge in [0.25, 0.3) is 0 Å². The van der Waals surface area contributed by atoms with E-state index in [4.69, 9.17) is 2.74 Å². The quantitative estimate of drug-likeness (QED) is 0.0798. The van der Waals surface area contributed by atoms with Gasteiger partial charge in [-0.3, -0.25) is 4.79 Å². The van der Waals surface area contributed by atoms with Gasteiger partial charge in [-0.2, -0.15) is 0 Å². The molecule has 4 nitrogen and oxygen atoms in total. The topological polar surface area (TPSA) is 63.1 Å².